The lowest BCUT2D eigenvalue weighted by molar-refractivity contribution is -0.605. The van der Waals surface area contributed by atoms with Crippen LogP contribution in [-0.2, 0) is 0 Å². The number of aromatic nitrogens is 1. The van der Waals surface area contributed by atoms with Gasteiger partial charge in [-0.2, -0.15) is 17.4 Å². The summed E-state index contributed by atoms with van der Waals surface area (Å²) in [6.45, 7) is 0. The van der Waals surface area contributed by atoms with Gasteiger partial charge in [0.15, 0.2) is 12.4 Å². The normalized spacial score (nSPS) is 10.6. The number of nitrogens with zero attached hydrogens (tertiary/aromatic N) is 1. The number of thiol groups is 1. The van der Waals surface area contributed by atoms with E-state index in [1.807, 2.05) is 18.2 Å². The molecular weight excluding hydrogens is 158 g/mol. The first-order valence-electron chi connectivity index (χ1n) is 3.29. The van der Waals surface area contributed by atoms with Gasteiger partial charge in [0, 0.05) is 17.4 Å². The third kappa shape index (κ3) is 2.63. The van der Waals surface area contributed by atoms with Gasteiger partial charge < -0.3 is 5.21 Å². The predicted molar refractivity (Wildman–Crippen MR) is 48.3 cm³/mol. The second-order valence-electron chi connectivity index (χ2n) is 2.08. The van der Waals surface area contributed by atoms with Crippen molar-refractivity contribution in [3.63, 3.8) is 0 Å². The van der Waals surface area contributed by atoms with Crippen molar-refractivity contribution < 1.29 is 4.73 Å². The van der Waals surface area contributed by atoms with Gasteiger partial charge in [-0.05, 0) is 6.07 Å². The Morgan fingerprint density at radius 1 is 1.64 bits per heavy atom. The van der Waals surface area contributed by atoms with Crippen molar-refractivity contribution in [1.29, 1.82) is 0 Å². The highest BCUT2D eigenvalue weighted by molar-refractivity contribution is 7.80. The smallest absolute Gasteiger partial charge is 0.187 e. The highest BCUT2D eigenvalue weighted by Crippen LogP contribution is 1.97. The van der Waals surface area contributed by atoms with Gasteiger partial charge in [-0.15, -0.1) is 0 Å². The fourth-order valence-electron chi connectivity index (χ4n) is 0.759. The topological polar surface area (TPSA) is 26.9 Å². The van der Waals surface area contributed by atoms with Crippen molar-refractivity contribution in [2.75, 3.05) is 5.75 Å². The molecule has 0 unspecified atom stereocenters. The summed E-state index contributed by atoms with van der Waals surface area (Å²) < 4.78 is 0.776. The Morgan fingerprint density at radius 2 is 2.45 bits per heavy atom. The molecule has 0 aliphatic heterocycles. The lowest BCUT2D eigenvalue weighted by atomic mass is 10.3. The van der Waals surface area contributed by atoms with Crippen molar-refractivity contribution in [2.24, 2.45) is 0 Å². The first kappa shape index (κ1) is 8.14. The highest BCUT2D eigenvalue weighted by atomic mass is 32.1. The van der Waals surface area contributed by atoms with Crippen LogP contribution < -0.4 is 4.73 Å². The van der Waals surface area contributed by atoms with E-state index in [9.17, 15) is 5.21 Å². The van der Waals surface area contributed by atoms with E-state index in [0.717, 1.165) is 10.3 Å². The van der Waals surface area contributed by atoms with Crippen LogP contribution in [0.3, 0.4) is 0 Å². The molecule has 0 spiro atoms. The van der Waals surface area contributed by atoms with Crippen LogP contribution in [0.5, 0.6) is 0 Å². The summed E-state index contributed by atoms with van der Waals surface area (Å²) in [5.41, 5.74) is 0.900. The molecule has 0 radical (unpaired) electrons. The van der Waals surface area contributed by atoms with E-state index in [-0.39, 0.29) is 0 Å². The molecule has 0 fully saturated rings. The fourth-order valence-corrected chi connectivity index (χ4v) is 0.865. The standard InChI is InChI=1S/C8H9NOS/c10-9-5-1-3-8(7-9)4-2-6-11/h1-5,7,11H,6H2. The zero-order valence-corrected chi connectivity index (χ0v) is 6.87. The Labute approximate surface area is 71.2 Å². The molecule has 1 aromatic heterocycles. The number of pyridine rings is 1. The molecule has 1 heterocycles. The third-order valence-corrected chi connectivity index (χ3v) is 1.42. The Hall–Kier alpha value is -0.960. The van der Waals surface area contributed by atoms with Crippen molar-refractivity contribution >= 4 is 18.7 Å². The molecule has 0 bridgehead atoms. The summed E-state index contributed by atoms with van der Waals surface area (Å²) in [6.07, 6.45) is 6.72. The second kappa shape index (κ2) is 4.03. The molecule has 0 N–H and O–H groups in total. The third-order valence-electron chi connectivity index (χ3n) is 1.21. The van der Waals surface area contributed by atoms with Crippen molar-refractivity contribution in [2.45, 2.75) is 0 Å². The fraction of sp³-hybridized carbons (Fsp3) is 0.125. The molecule has 0 saturated heterocycles. The Balaban J connectivity index is 2.79. The van der Waals surface area contributed by atoms with Gasteiger partial charge in [-0.1, -0.05) is 12.2 Å². The summed E-state index contributed by atoms with van der Waals surface area (Å²) in [5, 5.41) is 10.7. The van der Waals surface area contributed by atoms with Crippen LogP contribution in [0.1, 0.15) is 5.56 Å². The van der Waals surface area contributed by atoms with E-state index in [2.05, 4.69) is 12.6 Å². The maximum atomic E-state index is 10.7. The van der Waals surface area contributed by atoms with Crippen LogP contribution >= 0.6 is 12.6 Å². The molecule has 0 aliphatic rings. The van der Waals surface area contributed by atoms with Crippen LogP contribution in [0.25, 0.3) is 6.08 Å². The molecule has 1 rings (SSSR count). The van der Waals surface area contributed by atoms with Crippen LogP contribution in [0.4, 0.5) is 0 Å². The first-order chi connectivity index (χ1) is 5.33. The summed E-state index contributed by atoms with van der Waals surface area (Å²) in [4.78, 5) is 0. The van der Waals surface area contributed by atoms with E-state index in [1.165, 1.54) is 12.4 Å². The Morgan fingerprint density at radius 3 is 3.09 bits per heavy atom. The highest BCUT2D eigenvalue weighted by Gasteiger charge is 1.89. The summed E-state index contributed by atoms with van der Waals surface area (Å²) >= 11 is 4.01. The zero-order valence-electron chi connectivity index (χ0n) is 5.97. The van der Waals surface area contributed by atoms with Crippen molar-refractivity contribution in [3.05, 3.63) is 41.4 Å². The van der Waals surface area contributed by atoms with Crippen molar-refractivity contribution in [3.8, 4) is 0 Å². The van der Waals surface area contributed by atoms with Crippen molar-refractivity contribution in [1.82, 2.24) is 0 Å². The monoisotopic (exact) mass is 167 g/mol. The molecule has 58 valence electrons. The van der Waals surface area contributed by atoms with Crippen LogP contribution in [0.2, 0.25) is 0 Å². The summed E-state index contributed by atoms with van der Waals surface area (Å²) in [7, 11) is 0. The Kier molecular flexibility index (Phi) is 2.98. The summed E-state index contributed by atoms with van der Waals surface area (Å²) in [5.74, 6) is 0.688. The van der Waals surface area contributed by atoms with Gasteiger partial charge in [0.1, 0.15) is 0 Å². The number of hydrogen-bond donors (Lipinski definition) is 1. The van der Waals surface area contributed by atoms with Gasteiger partial charge in [0.2, 0.25) is 0 Å². The van der Waals surface area contributed by atoms with Gasteiger partial charge in [-0.25, -0.2) is 0 Å². The van der Waals surface area contributed by atoms with Gasteiger partial charge in [0.05, 0.1) is 0 Å². The molecule has 2 nitrogen and oxygen atoms in total. The molecule has 0 aromatic carbocycles. The minimum Gasteiger partial charge on any atom is -0.619 e. The molecule has 1 aromatic rings. The minimum atomic E-state index is 0.688. The van der Waals surface area contributed by atoms with Crippen LogP contribution in [-0.4, -0.2) is 5.75 Å². The maximum absolute atomic E-state index is 10.7. The zero-order chi connectivity index (χ0) is 8.10. The molecule has 0 aliphatic carbocycles. The number of hydrogen-bond acceptors (Lipinski definition) is 2. The van der Waals surface area contributed by atoms with E-state index >= 15 is 0 Å². The van der Waals surface area contributed by atoms with Gasteiger partial charge >= 0.3 is 0 Å². The number of rotatable bonds is 2. The molecule has 3 heteroatoms. The van der Waals surface area contributed by atoms with Crippen LogP contribution in [0.15, 0.2) is 30.6 Å². The quantitative estimate of drug-likeness (QED) is 0.401. The van der Waals surface area contributed by atoms with Gasteiger partial charge in [0.25, 0.3) is 0 Å². The molecule has 0 saturated carbocycles. The minimum absolute atomic E-state index is 0.688. The average molecular weight is 167 g/mol. The van der Waals surface area contributed by atoms with E-state index < -0.39 is 0 Å². The molecule has 11 heavy (non-hydrogen) atoms. The van der Waals surface area contributed by atoms with Crippen LogP contribution in [0, 0.1) is 5.21 Å². The van der Waals surface area contributed by atoms with E-state index in [0.29, 0.717) is 5.75 Å². The maximum Gasteiger partial charge on any atom is 0.187 e. The average Bonchev–Trinajstić information content (AvgIpc) is 2.01. The molecule has 0 amide bonds. The lowest BCUT2D eigenvalue weighted by Crippen LogP contribution is -2.24. The lowest BCUT2D eigenvalue weighted by Gasteiger charge is -1.94. The van der Waals surface area contributed by atoms with Gasteiger partial charge in [-0.3, -0.25) is 0 Å². The van der Waals surface area contributed by atoms with E-state index in [1.54, 1.807) is 6.07 Å². The second-order valence-corrected chi connectivity index (χ2v) is 2.45. The SMILES string of the molecule is [O-][n+]1cccc(C=CCS)c1. The first-order valence-corrected chi connectivity index (χ1v) is 3.92. The molecule has 0 atom stereocenters. The molecular formula is C8H9NOS. The van der Waals surface area contributed by atoms with E-state index in [4.69, 9.17) is 0 Å². The largest absolute Gasteiger partial charge is 0.619 e. The summed E-state index contributed by atoms with van der Waals surface area (Å²) in [6, 6.07) is 3.58. The predicted octanol–water partition coefficient (Wildman–Crippen LogP) is 1.26. The Bertz CT molecular complexity index is 260.